The van der Waals surface area contributed by atoms with Gasteiger partial charge in [-0.3, -0.25) is 0 Å². The summed E-state index contributed by atoms with van der Waals surface area (Å²) >= 11 is 3.53. The smallest absolute Gasteiger partial charge is 0.317 e. The van der Waals surface area contributed by atoms with Crippen molar-refractivity contribution in [3.05, 3.63) is 57.8 Å². The molecule has 2 heterocycles. The number of hydrogen-bond acceptors (Lipinski definition) is 4. The lowest BCUT2D eigenvalue weighted by Crippen LogP contribution is -2.38. The van der Waals surface area contributed by atoms with Crippen LogP contribution in [-0.4, -0.2) is 48.8 Å². The number of imidazole rings is 1. The Bertz CT molecular complexity index is 1350. The number of sulfone groups is 1. The summed E-state index contributed by atoms with van der Waals surface area (Å²) < 4.78 is 67.7. The summed E-state index contributed by atoms with van der Waals surface area (Å²) in [6.07, 6.45) is -0.336. The van der Waals surface area contributed by atoms with Crippen LogP contribution in [0.15, 0.2) is 45.8 Å². The minimum atomic E-state index is -4.62. The molecule has 0 N–H and O–H groups in total. The third-order valence-corrected chi connectivity index (χ3v) is 8.57. The van der Waals surface area contributed by atoms with Crippen molar-refractivity contribution in [2.75, 3.05) is 25.9 Å². The number of aromatic nitrogens is 2. The lowest BCUT2D eigenvalue weighted by molar-refractivity contribution is -0.148. The summed E-state index contributed by atoms with van der Waals surface area (Å²) in [4.78, 5) is 6.15. The number of fused-ring (bicyclic) bond motifs is 2. The van der Waals surface area contributed by atoms with Crippen LogP contribution in [0.4, 0.5) is 13.2 Å². The van der Waals surface area contributed by atoms with Gasteiger partial charge in [-0.1, -0.05) is 22.0 Å². The highest BCUT2D eigenvalue weighted by atomic mass is 79.9. The third kappa shape index (κ3) is 4.64. The number of rotatable bonds is 4. The van der Waals surface area contributed by atoms with Crippen LogP contribution in [0.1, 0.15) is 35.8 Å². The zero-order chi connectivity index (χ0) is 24.3. The number of nitrogens with zero attached hydrogens (tertiary/aromatic N) is 3. The first kappa shape index (κ1) is 23.8. The Kier molecular flexibility index (Phi) is 6.05. The van der Waals surface area contributed by atoms with E-state index in [4.69, 9.17) is 0 Å². The summed E-state index contributed by atoms with van der Waals surface area (Å²) in [5.74, 6) is -0.432. The first-order valence-corrected chi connectivity index (χ1v) is 14.0. The molecule has 0 spiro atoms. The van der Waals surface area contributed by atoms with Crippen LogP contribution in [0.5, 0.6) is 0 Å². The highest BCUT2D eigenvalue weighted by Crippen LogP contribution is 2.38. The molecule has 2 aliphatic rings. The van der Waals surface area contributed by atoms with Crippen LogP contribution >= 0.6 is 15.9 Å². The molecule has 0 saturated carbocycles. The van der Waals surface area contributed by atoms with E-state index in [1.54, 1.807) is 0 Å². The molecular formula is C24H25BrF3N3O2S. The third-order valence-electron chi connectivity index (χ3n) is 6.97. The first-order valence-electron chi connectivity index (χ1n) is 11.3. The first-order chi connectivity index (χ1) is 16.0. The summed E-state index contributed by atoms with van der Waals surface area (Å²) in [6, 6.07) is 10.1. The summed E-state index contributed by atoms with van der Waals surface area (Å²) in [5.41, 5.74) is 3.15. The molecule has 182 valence electrons. The second kappa shape index (κ2) is 8.64. The van der Waals surface area contributed by atoms with Crippen molar-refractivity contribution in [3.8, 4) is 0 Å². The molecule has 1 aliphatic heterocycles. The van der Waals surface area contributed by atoms with Crippen molar-refractivity contribution in [3.63, 3.8) is 0 Å². The number of likely N-dealkylation sites (tertiary alicyclic amines) is 1. The Balaban J connectivity index is 1.33. The molecule has 1 saturated heterocycles. The second-order valence-electron chi connectivity index (χ2n) is 9.44. The zero-order valence-corrected chi connectivity index (χ0v) is 21.0. The molecule has 3 aromatic rings. The van der Waals surface area contributed by atoms with Crippen LogP contribution in [0, 0.1) is 5.92 Å². The van der Waals surface area contributed by atoms with E-state index in [0.29, 0.717) is 24.3 Å². The van der Waals surface area contributed by atoms with E-state index in [-0.39, 0.29) is 16.5 Å². The summed E-state index contributed by atoms with van der Waals surface area (Å²) in [5, 5.41) is 0. The largest absolute Gasteiger partial charge is 0.449 e. The van der Waals surface area contributed by atoms with E-state index in [1.165, 1.54) is 33.9 Å². The van der Waals surface area contributed by atoms with Crippen molar-refractivity contribution < 1.29 is 21.6 Å². The van der Waals surface area contributed by atoms with Gasteiger partial charge in [0.15, 0.2) is 9.84 Å². The lowest BCUT2D eigenvalue weighted by atomic mass is 10.0. The van der Waals surface area contributed by atoms with Gasteiger partial charge in [0.05, 0.1) is 15.9 Å². The normalized spacial score (nSPS) is 20.2. The fraction of sp³-hybridized carbons (Fsp3) is 0.458. The Morgan fingerprint density at radius 1 is 1.06 bits per heavy atom. The van der Waals surface area contributed by atoms with Gasteiger partial charge >= 0.3 is 6.18 Å². The predicted octanol–water partition coefficient (Wildman–Crippen LogP) is 5.27. The SMILES string of the molecule is CS(=O)(=O)c1ccc2c(c1)nc(C(F)(F)F)n2C1CCN(C[C@H]2Cc3ccc(Br)cc3C2)CC1. The molecule has 0 radical (unpaired) electrons. The Labute approximate surface area is 205 Å². The van der Waals surface area contributed by atoms with Gasteiger partial charge < -0.3 is 9.47 Å². The quantitative estimate of drug-likeness (QED) is 0.440. The van der Waals surface area contributed by atoms with E-state index in [2.05, 4.69) is 44.0 Å². The maximum atomic E-state index is 13.9. The maximum Gasteiger partial charge on any atom is 0.449 e. The van der Waals surface area contributed by atoms with Gasteiger partial charge in [-0.05, 0) is 73.1 Å². The maximum absolute atomic E-state index is 13.9. The molecular weight excluding hydrogens is 531 g/mol. The molecule has 34 heavy (non-hydrogen) atoms. The molecule has 5 rings (SSSR count). The van der Waals surface area contributed by atoms with Crippen molar-refractivity contribution in [2.24, 2.45) is 5.92 Å². The fourth-order valence-electron chi connectivity index (χ4n) is 5.41. The highest BCUT2D eigenvalue weighted by Gasteiger charge is 2.40. The summed E-state index contributed by atoms with van der Waals surface area (Å²) in [6.45, 7) is 2.38. The zero-order valence-electron chi connectivity index (χ0n) is 18.6. The average Bonchev–Trinajstić information content (AvgIpc) is 3.33. The predicted molar refractivity (Wildman–Crippen MR) is 128 cm³/mol. The number of halogens is 4. The van der Waals surface area contributed by atoms with E-state index in [1.807, 2.05) is 0 Å². The average molecular weight is 556 g/mol. The van der Waals surface area contributed by atoms with Crippen molar-refractivity contribution >= 4 is 36.8 Å². The molecule has 0 bridgehead atoms. The monoisotopic (exact) mass is 555 g/mol. The minimum Gasteiger partial charge on any atom is -0.317 e. The van der Waals surface area contributed by atoms with E-state index >= 15 is 0 Å². The molecule has 5 nitrogen and oxygen atoms in total. The minimum absolute atomic E-state index is 0.0298. The molecule has 0 amide bonds. The topological polar surface area (TPSA) is 55.2 Å². The van der Waals surface area contributed by atoms with Crippen LogP contribution in [0.2, 0.25) is 0 Å². The molecule has 1 aromatic heterocycles. The highest BCUT2D eigenvalue weighted by molar-refractivity contribution is 9.10. The van der Waals surface area contributed by atoms with Gasteiger partial charge in [0.2, 0.25) is 5.82 Å². The number of alkyl halides is 3. The molecule has 10 heteroatoms. The number of hydrogen-bond donors (Lipinski definition) is 0. The Morgan fingerprint density at radius 2 is 1.76 bits per heavy atom. The van der Waals surface area contributed by atoms with Crippen LogP contribution in [-0.2, 0) is 28.9 Å². The van der Waals surface area contributed by atoms with Gasteiger partial charge in [0, 0.05) is 36.4 Å². The van der Waals surface area contributed by atoms with E-state index in [9.17, 15) is 21.6 Å². The molecule has 2 aromatic carbocycles. The van der Waals surface area contributed by atoms with Crippen molar-refractivity contribution in [1.29, 1.82) is 0 Å². The second-order valence-corrected chi connectivity index (χ2v) is 12.4. The standard InChI is InChI=1S/C24H25BrF3N3O2S/c1-34(32,33)20-4-5-22-21(13-20)29-23(24(26,27)28)31(22)19-6-8-30(9-7-19)14-15-10-16-2-3-18(25)12-17(16)11-15/h2-5,12-13,15,19H,6-11,14H2,1H3/t15-/m0/s1. The molecule has 1 aliphatic carbocycles. The number of piperidine rings is 1. The van der Waals surface area contributed by atoms with Gasteiger partial charge in [-0.25, -0.2) is 13.4 Å². The van der Waals surface area contributed by atoms with Gasteiger partial charge in [0.25, 0.3) is 0 Å². The van der Waals surface area contributed by atoms with Gasteiger partial charge in [0.1, 0.15) is 0 Å². The van der Waals surface area contributed by atoms with E-state index < -0.39 is 21.8 Å². The van der Waals surface area contributed by atoms with Crippen LogP contribution in [0.3, 0.4) is 0 Å². The Hall–Kier alpha value is -1.91. The van der Waals surface area contributed by atoms with Gasteiger partial charge in [-0.2, -0.15) is 13.2 Å². The molecule has 1 fully saturated rings. The molecule has 1 atom stereocenters. The van der Waals surface area contributed by atoms with Crippen LogP contribution < -0.4 is 0 Å². The fourth-order valence-corrected chi connectivity index (χ4v) is 6.46. The molecule has 0 unspecified atom stereocenters. The van der Waals surface area contributed by atoms with Crippen LogP contribution in [0.25, 0.3) is 11.0 Å². The lowest BCUT2D eigenvalue weighted by Gasteiger charge is -2.35. The van der Waals surface area contributed by atoms with Crippen molar-refractivity contribution in [1.82, 2.24) is 14.5 Å². The van der Waals surface area contributed by atoms with Gasteiger partial charge in [-0.15, -0.1) is 0 Å². The number of benzene rings is 2. The summed E-state index contributed by atoms with van der Waals surface area (Å²) in [7, 11) is -3.54. The van der Waals surface area contributed by atoms with E-state index in [0.717, 1.165) is 43.2 Å². The van der Waals surface area contributed by atoms with Crippen molar-refractivity contribution in [2.45, 2.75) is 42.8 Å². The Morgan fingerprint density at radius 3 is 2.44 bits per heavy atom.